The quantitative estimate of drug-likeness (QED) is 0.261. The number of ether oxygens (including phenoxy) is 2. The molecular weight excluding hydrogens is 502 g/mol. The van der Waals surface area contributed by atoms with Gasteiger partial charge in [-0.05, 0) is 41.8 Å². The Balaban J connectivity index is 1.52. The van der Waals surface area contributed by atoms with Gasteiger partial charge in [-0.15, -0.1) is 0 Å². The van der Waals surface area contributed by atoms with E-state index in [4.69, 9.17) is 9.47 Å². The molecule has 1 aliphatic rings. The van der Waals surface area contributed by atoms with Gasteiger partial charge in [0.2, 0.25) is 5.91 Å². The predicted molar refractivity (Wildman–Crippen MR) is 145 cm³/mol. The van der Waals surface area contributed by atoms with Crippen LogP contribution in [-0.2, 0) is 11.3 Å². The van der Waals surface area contributed by atoms with Crippen molar-refractivity contribution in [1.29, 1.82) is 0 Å². The molecule has 2 aromatic carbocycles. The first kappa shape index (κ1) is 27.9. The minimum Gasteiger partial charge on any atom is -0.497 e. The number of methoxy groups -OCH3 is 1. The Morgan fingerprint density at radius 1 is 1.23 bits per heavy atom. The van der Waals surface area contributed by atoms with Crippen molar-refractivity contribution >= 4 is 17.6 Å². The Morgan fingerprint density at radius 3 is 2.82 bits per heavy atom. The smallest absolute Gasteiger partial charge is 0.322 e. The van der Waals surface area contributed by atoms with Gasteiger partial charge in [0.05, 0.1) is 31.7 Å². The summed E-state index contributed by atoms with van der Waals surface area (Å²) in [7, 11) is 1.58. The number of carbonyl (C=O) groups is 2. The number of aromatic nitrogens is 2. The van der Waals surface area contributed by atoms with Crippen molar-refractivity contribution in [1.82, 2.24) is 20.0 Å². The van der Waals surface area contributed by atoms with E-state index in [0.717, 1.165) is 16.7 Å². The standard InChI is InChI=1S/C28H35N5O6/c1-38-24-5-2-4-20(14-24)18-33(11-9-27(36)32-10-8-23(35)19-32)28(37)31-25-7-6-21(22-16-29-30-17-22)15-26(25)39-13-3-12-34/h2,4-7,14-17,23,34-35H,3,8-13,18-19H2,1H3,(H,29,30)(H,31,37). The third-order valence-electron chi connectivity index (χ3n) is 6.52. The molecule has 3 amide bonds. The Bertz CT molecular complexity index is 1230. The fraction of sp³-hybridized carbons (Fsp3) is 0.393. The van der Waals surface area contributed by atoms with E-state index in [2.05, 4.69) is 15.5 Å². The number of hydrogen-bond donors (Lipinski definition) is 4. The summed E-state index contributed by atoms with van der Waals surface area (Å²) in [5.74, 6) is 1.02. The van der Waals surface area contributed by atoms with Crippen LogP contribution in [0.5, 0.6) is 11.5 Å². The third kappa shape index (κ3) is 7.71. The molecule has 1 aliphatic heterocycles. The van der Waals surface area contributed by atoms with Gasteiger partial charge in [0.15, 0.2) is 0 Å². The molecule has 1 saturated heterocycles. The maximum absolute atomic E-state index is 13.6. The summed E-state index contributed by atoms with van der Waals surface area (Å²) in [6.07, 6.45) is 4.09. The Morgan fingerprint density at radius 2 is 2.10 bits per heavy atom. The molecule has 0 saturated carbocycles. The number of aromatic amines is 1. The molecule has 0 bridgehead atoms. The van der Waals surface area contributed by atoms with Crippen molar-refractivity contribution in [2.75, 3.05) is 45.3 Å². The number of amides is 3. The summed E-state index contributed by atoms with van der Waals surface area (Å²) in [4.78, 5) is 29.5. The summed E-state index contributed by atoms with van der Waals surface area (Å²) in [5, 5.41) is 28.7. The summed E-state index contributed by atoms with van der Waals surface area (Å²) >= 11 is 0. The molecule has 2 heterocycles. The van der Waals surface area contributed by atoms with Gasteiger partial charge in [0.25, 0.3) is 0 Å². The first-order valence-electron chi connectivity index (χ1n) is 13.0. The van der Waals surface area contributed by atoms with E-state index in [-0.39, 0.29) is 38.6 Å². The Hall–Kier alpha value is -4.09. The molecule has 0 aliphatic carbocycles. The molecule has 3 aromatic rings. The van der Waals surface area contributed by atoms with Gasteiger partial charge in [0.1, 0.15) is 11.5 Å². The van der Waals surface area contributed by atoms with Crippen LogP contribution in [0.4, 0.5) is 10.5 Å². The Labute approximate surface area is 227 Å². The molecule has 11 heteroatoms. The number of aliphatic hydroxyl groups excluding tert-OH is 2. The first-order valence-corrected chi connectivity index (χ1v) is 13.0. The highest BCUT2D eigenvalue weighted by Gasteiger charge is 2.26. The molecule has 1 atom stereocenters. The molecule has 208 valence electrons. The SMILES string of the molecule is COc1cccc(CN(CCC(=O)N2CCC(O)C2)C(=O)Nc2ccc(-c3cn[nH]c3)cc2OCCCO)c1. The van der Waals surface area contributed by atoms with Crippen LogP contribution in [0, 0.1) is 0 Å². The van der Waals surface area contributed by atoms with Crippen molar-refractivity contribution in [2.24, 2.45) is 0 Å². The second-order valence-electron chi connectivity index (χ2n) is 9.36. The molecule has 1 aromatic heterocycles. The Kier molecular flexibility index (Phi) is 9.76. The normalized spacial score (nSPS) is 14.7. The molecular formula is C28H35N5O6. The maximum Gasteiger partial charge on any atom is 0.322 e. The highest BCUT2D eigenvalue weighted by molar-refractivity contribution is 5.92. The predicted octanol–water partition coefficient (Wildman–Crippen LogP) is 2.86. The first-order chi connectivity index (χ1) is 19.0. The van der Waals surface area contributed by atoms with E-state index in [1.54, 1.807) is 35.4 Å². The molecule has 4 N–H and O–H groups in total. The van der Waals surface area contributed by atoms with E-state index < -0.39 is 12.1 Å². The van der Waals surface area contributed by atoms with Crippen molar-refractivity contribution < 1.29 is 29.3 Å². The number of rotatable bonds is 12. The molecule has 1 fully saturated rings. The van der Waals surface area contributed by atoms with Crippen LogP contribution in [0.25, 0.3) is 11.1 Å². The number of anilines is 1. The van der Waals surface area contributed by atoms with Gasteiger partial charge in [-0.3, -0.25) is 9.89 Å². The minimum absolute atomic E-state index is 0.0144. The molecule has 39 heavy (non-hydrogen) atoms. The van der Waals surface area contributed by atoms with Gasteiger partial charge >= 0.3 is 6.03 Å². The highest BCUT2D eigenvalue weighted by atomic mass is 16.5. The maximum atomic E-state index is 13.6. The number of nitrogens with one attached hydrogen (secondary N) is 2. The zero-order valence-electron chi connectivity index (χ0n) is 22.0. The summed E-state index contributed by atoms with van der Waals surface area (Å²) < 4.78 is 11.2. The number of β-amino-alcohol motifs (C(OH)–C–C–N with tert-alkyl or cyclic N) is 1. The molecule has 4 rings (SSSR count). The van der Waals surface area contributed by atoms with Gasteiger partial charge in [-0.2, -0.15) is 5.10 Å². The van der Waals surface area contributed by atoms with Gasteiger partial charge in [0, 0.05) is 57.4 Å². The van der Waals surface area contributed by atoms with E-state index in [0.29, 0.717) is 43.1 Å². The van der Waals surface area contributed by atoms with E-state index >= 15 is 0 Å². The molecule has 11 nitrogen and oxygen atoms in total. The molecule has 0 radical (unpaired) electrons. The van der Waals surface area contributed by atoms with Crippen LogP contribution < -0.4 is 14.8 Å². The minimum atomic E-state index is -0.501. The van der Waals surface area contributed by atoms with Gasteiger partial charge in [-0.1, -0.05) is 18.2 Å². The van der Waals surface area contributed by atoms with Gasteiger partial charge in [-0.25, -0.2) is 4.79 Å². The third-order valence-corrected chi connectivity index (χ3v) is 6.52. The van der Waals surface area contributed by atoms with Crippen LogP contribution in [0.3, 0.4) is 0 Å². The van der Waals surface area contributed by atoms with Crippen LogP contribution in [0.15, 0.2) is 54.9 Å². The van der Waals surface area contributed by atoms with Crippen molar-refractivity contribution in [2.45, 2.75) is 31.9 Å². The number of carbonyl (C=O) groups excluding carboxylic acids is 2. The number of hydrogen-bond acceptors (Lipinski definition) is 7. The average Bonchev–Trinajstić information content (AvgIpc) is 3.64. The van der Waals surface area contributed by atoms with E-state index in [1.165, 1.54) is 0 Å². The van der Waals surface area contributed by atoms with Crippen molar-refractivity contribution in [3.05, 3.63) is 60.4 Å². The average molecular weight is 538 g/mol. The lowest BCUT2D eigenvalue weighted by Crippen LogP contribution is -2.38. The van der Waals surface area contributed by atoms with Crippen LogP contribution in [0.1, 0.15) is 24.8 Å². The second-order valence-corrected chi connectivity index (χ2v) is 9.36. The molecule has 0 spiro atoms. The topological polar surface area (TPSA) is 140 Å². The summed E-state index contributed by atoms with van der Waals surface area (Å²) in [6, 6.07) is 12.5. The van der Waals surface area contributed by atoms with E-state index in [9.17, 15) is 19.8 Å². The van der Waals surface area contributed by atoms with Crippen LogP contribution >= 0.6 is 0 Å². The van der Waals surface area contributed by atoms with Crippen LogP contribution in [0.2, 0.25) is 0 Å². The number of H-pyrrole nitrogens is 1. The lowest BCUT2D eigenvalue weighted by atomic mass is 10.1. The number of aliphatic hydroxyl groups is 2. The van der Waals surface area contributed by atoms with E-state index in [1.807, 2.05) is 36.4 Å². The fourth-order valence-electron chi connectivity index (χ4n) is 4.37. The van der Waals surface area contributed by atoms with Crippen molar-refractivity contribution in [3.8, 4) is 22.6 Å². The summed E-state index contributed by atoms with van der Waals surface area (Å²) in [6.45, 7) is 1.53. The second kappa shape index (κ2) is 13.6. The lowest BCUT2D eigenvalue weighted by Gasteiger charge is -2.25. The number of likely N-dealkylation sites (tertiary alicyclic amines) is 1. The lowest BCUT2D eigenvalue weighted by molar-refractivity contribution is -0.130. The summed E-state index contributed by atoms with van der Waals surface area (Å²) in [5.41, 5.74) is 3.04. The zero-order valence-corrected chi connectivity index (χ0v) is 22.0. The fourth-order valence-corrected chi connectivity index (χ4v) is 4.37. The number of nitrogens with zero attached hydrogens (tertiary/aromatic N) is 3. The highest BCUT2D eigenvalue weighted by Crippen LogP contribution is 2.31. The number of benzene rings is 2. The monoisotopic (exact) mass is 537 g/mol. The van der Waals surface area contributed by atoms with Crippen molar-refractivity contribution in [3.63, 3.8) is 0 Å². The van der Waals surface area contributed by atoms with Crippen LogP contribution in [-0.4, -0.2) is 88.2 Å². The van der Waals surface area contributed by atoms with Gasteiger partial charge < -0.3 is 34.8 Å². The number of urea groups is 1. The zero-order chi connectivity index (χ0) is 27.6. The largest absolute Gasteiger partial charge is 0.497 e. The molecule has 1 unspecified atom stereocenters.